The zero-order valence-corrected chi connectivity index (χ0v) is 18.9. The Morgan fingerprint density at radius 1 is 1.06 bits per heavy atom. The van der Waals surface area contributed by atoms with Crippen molar-refractivity contribution >= 4 is 34.1 Å². The molecule has 0 bridgehead atoms. The van der Waals surface area contributed by atoms with Crippen molar-refractivity contribution in [2.75, 3.05) is 25.6 Å². The van der Waals surface area contributed by atoms with Gasteiger partial charge in [0.05, 0.1) is 31.9 Å². The second-order valence-corrected chi connectivity index (χ2v) is 9.45. The highest BCUT2D eigenvalue weighted by Crippen LogP contribution is 2.55. The highest BCUT2D eigenvalue weighted by molar-refractivity contribution is 7.92. The van der Waals surface area contributed by atoms with Gasteiger partial charge in [-0.2, -0.15) is 0 Å². The lowest BCUT2D eigenvalue weighted by Gasteiger charge is -2.37. The first-order valence-electron chi connectivity index (χ1n) is 9.96. The van der Waals surface area contributed by atoms with E-state index in [0.717, 1.165) is 23.4 Å². The second-order valence-electron chi connectivity index (χ2n) is 7.64. The Hall–Kier alpha value is -3.60. The molecule has 0 aliphatic carbocycles. The molecule has 2 aliphatic rings. The molecule has 11 heteroatoms. The van der Waals surface area contributed by atoms with E-state index in [2.05, 4.69) is 0 Å². The number of fused-ring (bicyclic) bond motifs is 3. The largest absolute Gasteiger partial charge is 0.497 e. The van der Waals surface area contributed by atoms with E-state index >= 15 is 0 Å². The molecule has 1 amide bonds. The summed E-state index contributed by atoms with van der Waals surface area (Å²) in [6, 6.07) is 12.5. The molecular weight excluding hydrogens is 452 g/mol. The first-order valence-corrected chi connectivity index (χ1v) is 11.4. The maximum absolute atomic E-state index is 13.8. The quantitative estimate of drug-likeness (QED) is 0.366. The van der Waals surface area contributed by atoms with Gasteiger partial charge in [0, 0.05) is 5.92 Å². The van der Waals surface area contributed by atoms with Crippen LogP contribution in [0, 0.1) is 0 Å². The number of rotatable bonds is 5. The Morgan fingerprint density at radius 2 is 1.76 bits per heavy atom. The van der Waals surface area contributed by atoms with Crippen molar-refractivity contribution in [1.82, 2.24) is 4.90 Å². The van der Waals surface area contributed by atoms with Crippen molar-refractivity contribution in [2.45, 2.75) is 28.9 Å². The van der Waals surface area contributed by atoms with Gasteiger partial charge >= 0.3 is 12.1 Å². The Morgan fingerprint density at radius 3 is 2.33 bits per heavy atom. The smallest absolute Gasteiger partial charge is 0.412 e. The summed E-state index contributed by atoms with van der Waals surface area (Å²) in [5, 5.41) is 0. The molecule has 2 heterocycles. The van der Waals surface area contributed by atoms with Crippen LogP contribution < -0.4 is 9.04 Å². The van der Waals surface area contributed by atoms with Gasteiger partial charge < -0.3 is 19.0 Å². The van der Waals surface area contributed by atoms with Gasteiger partial charge in [-0.1, -0.05) is 18.2 Å². The summed E-state index contributed by atoms with van der Waals surface area (Å²) in [6.45, 7) is 0. The Bertz CT molecular complexity index is 1220. The van der Waals surface area contributed by atoms with Gasteiger partial charge in [-0.05, 0) is 42.3 Å². The first-order chi connectivity index (χ1) is 15.8. The van der Waals surface area contributed by atoms with E-state index in [1.807, 2.05) is 0 Å². The predicted molar refractivity (Wildman–Crippen MR) is 115 cm³/mol. The number of hydrogen-bond acceptors (Lipinski definition) is 8. The summed E-state index contributed by atoms with van der Waals surface area (Å²) >= 11 is 0. The minimum atomic E-state index is -4.22. The maximum Gasteiger partial charge on any atom is 0.412 e. The predicted octanol–water partition coefficient (Wildman–Crippen LogP) is 1.90. The van der Waals surface area contributed by atoms with Crippen LogP contribution in [0.15, 0.2) is 53.4 Å². The van der Waals surface area contributed by atoms with Crippen LogP contribution in [-0.2, 0) is 29.1 Å². The number of esters is 1. The first kappa shape index (κ1) is 22.6. The molecule has 33 heavy (non-hydrogen) atoms. The van der Waals surface area contributed by atoms with Gasteiger partial charge in [0.25, 0.3) is 10.0 Å². The van der Waals surface area contributed by atoms with E-state index in [9.17, 15) is 22.8 Å². The minimum absolute atomic E-state index is 0.0149. The Balaban J connectivity index is 2.00. The van der Waals surface area contributed by atoms with Gasteiger partial charge in [0.2, 0.25) is 5.54 Å². The number of carbonyl (C=O) groups excluding carboxylic acids is 3. The number of likely N-dealkylation sites (tertiary alicyclic amines) is 1. The summed E-state index contributed by atoms with van der Waals surface area (Å²) in [5.74, 6) is -1.26. The third-order valence-corrected chi connectivity index (χ3v) is 7.90. The Labute approximate surface area is 190 Å². The molecule has 0 spiro atoms. The number of carbonyl (C=O) groups is 3. The molecule has 0 saturated carbocycles. The normalized spacial score (nSPS) is 23.5. The third-order valence-electron chi connectivity index (χ3n) is 6.10. The zero-order chi connectivity index (χ0) is 24.0. The average molecular weight is 474 g/mol. The van der Waals surface area contributed by atoms with Gasteiger partial charge in [0.1, 0.15) is 11.9 Å². The van der Waals surface area contributed by atoms with Gasteiger partial charge in [-0.3, -0.25) is 4.90 Å². The minimum Gasteiger partial charge on any atom is -0.497 e. The summed E-state index contributed by atoms with van der Waals surface area (Å²) in [5.41, 5.74) is -1.24. The van der Waals surface area contributed by atoms with Crippen LogP contribution in [0.1, 0.15) is 17.9 Å². The maximum atomic E-state index is 13.8. The summed E-state index contributed by atoms with van der Waals surface area (Å²) in [4.78, 5) is 38.9. The van der Waals surface area contributed by atoms with Crippen LogP contribution in [0.2, 0.25) is 0 Å². The number of sulfonamides is 1. The van der Waals surface area contributed by atoms with Crippen LogP contribution >= 0.6 is 0 Å². The summed E-state index contributed by atoms with van der Waals surface area (Å²) in [6.07, 6.45) is -2.16. The van der Waals surface area contributed by atoms with Crippen LogP contribution in [0.25, 0.3) is 0 Å². The molecule has 2 aromatic rings. The van der Waals surface area contributed by atoms with Crippen molar-refractivity contribution in [1.29, 1.82) is 0 Å². The third kappa shape index (κ3) is 3.14. The molecule has 1 saturated heterocycles. The molecule has 2 aliphatic heterocycles. The number of benzene rings is 2. The SMILES string of the molecule is COC(=O)N1[C@@H]2[C@H](C[C@@]1(C=O)C(=O)OC)c1cc(OC)ccc1N2S(=O)(=O)c1ccccc1. The van der Waals surface area contributed by atoms with E-state index in [1.54, 1.807) is 36.4 Å². The van der Waals surface area contributed by atoms with E-state index in [4.69, 9.17) is 14.2 Å². The lowest BCUT2D eigenvalue weighted by atomic mass is 9.89. The Kier molecular flexibility index (Phi) is 5.52. The molecule has 0 aromatic heterocycles. The van der Waals surface area contributed by atoms with E-state index in [1.165, 1.54) is 19.2 Å². The zero-order valence-electron chi connectivity index (χ0n) is 18.1. The van der Waals surface area contributed by atoms with Crippen molar-refractivity contribution in [3.05, 3.63) is 54.1 Å². The molecule has 0 N–H and O–H groups in total. The lowest BCUT2D eigenvalue weighted by molar-refractivity contribution is -0.155. The van der Waals surface area contributed by atoms with E-state index < -0.39 is 39.7 Å². The van der Waals surface area contributed by atoms with E-state index in [0.29, 0.717) is 23.3 Å². The molecule has 2 aromatic carbocycles. The molecule has 1 fully saturated rings. The fraction of sp³-hybridized carbons (Fsp3) is 0.318. The topological polar surface area (TPSA) is 120 Å². The fourth-order valence-corrected chi connectivity index (χ4v) is 6.33. The van der Waals surface area contributed by atoms with Gasteiger partial charge in [0.15, 0.2) is 6.29 Å². The van der Waals surface area contributed by atoms with Crippen LogP contribution in [-0.4, -0.2) is 64.7 Å². The molecule has 3 atom stereocenters. The molecule has 10 nitrogen and oxygen atoms in total. The van der Waals surface area contributed by atoms with Crippen molar-refractivity contribution in [3.63, 3.8) is 0 Å². The lowest BCUT2D eigenvalue weighted by Crippen LogP contribution is -2.61. The van der Waals surface area contributed by atoms with E-state index in [-0.39, 0.29) is 11.3 Å². The molecule has 4 rings (SSSR count). The molecule has 0 unspecified atom stereocenters. The summed E-state index contributed by atoms with van der Waals surface area (Å²) in [7, 11) is -0.575. The van der Waals surface area contributed by atoms with Crippen LogP contribution in [0.4, 0.5) is 10.5 Å². The number of amides is 1. The number of nitrogens with zero attached hydrogens (tertiary/aromatic N) is 2. The van der Waals surface area contributed by atoms with Crippen molar-refractivity contribution in [3.8, 4) is 5.75 Å². The highest BCUT2D eigenvalue weighted by atomic mass is 32.2. The average Bonchev–Trinajstić information content (AvgIpc) is 3.35. The van der Waals surface area contributed by atoms with Crippen LogP contribution in [0.3, 0.4) is 0 Å². The number of anilines is 1. The number of methoxy groups -OCH3 is 3. The summed E-state index contributed by atoms with van der Waals surface area (Å²) < 4.78 is 43.7. The van der Waals surface area contributed by atoms with Crippen LogP contribution in [0.5, 0.6) is 5.75 Å². The van der Waals surface area contributed by atoms with Crippen molar-refractivity contribution in [2.24, 2.45) is 0 Å². The van der Waals surface area contributed by atoms with Gasteiger partial charge in [-0.25, -0.2) is 22.3 Å². The highest BCUT2D eigenvalue weighted by Gasteiger charge is 2.66. The number of aldehydes is 1. The second kappa shape index (κ2) is 8.07. The number of hydrogen-bond donors (Lipinski definition) is 0. The molecule has 174 valence electrons. The number of ether oxygens (including phenoxy) is 3. The molecule has 0 radical (unpaired) electrons. The van der Waals surface area contributed by atoms with Crippen molar-refractivity contribution < 1.29 is 37.0 Å². The van der Waals surface area contributed by atoms with Gasteiger partial charge in [-0.15, -0.1) is 0 Å². The fourth-order valence-electron chi connectivity index (χ4n) is 4.65. The standard InChI is InChI=1S/C22H22N2O8S/c1-30-14-9-10-18-16(11-14)17-12-22(13-25,20(26)31-2)23(21(27)32-3)19(17)24(18)33(28,29)15-7-5-4-6-8-15/h4-11,13,17,19H,12H2,1-3H3/t17-,19+,22-/m1/s1. The molecular formula is C22H22N2O8S. The monoisotopic (exact) mass is 474 g/mol.